The lowest BCUT2D eigenvalue weighted by molar-refractivity contribution is -0.164. The Morgan fingerprint density at radius 3 is 2.18 bits per heavy atom. The zero-order valence-corrected chi connectivity index (χ0v) is 14.3. The average molecular weight is 317 g/mol. The summed E-state index contributed by atoms with van der Waals surface area (Å²) in [5, 5.41) is 1.48. The summed E-state index contributed by atoms with van der Waals surface area (Å²) in [4.78, 5) is 28.2. The molecule has 128 valence electrons. The van der Waals surface area contributed by atoms with Gasteiger partial charge in [0.25, 0.3) is 0 Å². The van der Waals surface area contributed by atoms with E-state index in [-0.39, 0.29) is 12.7 Å². The van der Waals surface area contributed by atoms with E-state index in [0.717, 1.165) is 0 Å². The molecule has 0 aromatic heterocycles. The third-order valence-electron chi connectivity index (χ3n) is 2.56. The molecule has 0 unspecified atom stereocenters. The number of ether oxygens (including phenoxy) is 3. The molecule has 1 aliphatic heterocycles. The van der Waals surface area contributed by atoms with Crippen molar-refractivity contribution in [1.29, 1.82) is 0 Å². The monoisotopic (exact) mass is 317 g/mol. The fourth-order valence-corrected chi connectivity index (χ4v) is 1.85. The molecular weight excluding hydrogens is 290 g/mol. The summed E-state index contributed by atoms with van der Waals surface area (Å²) >= 11 is 0. The molecule has 7 heteroatoms. The van der Waals surface area contributed by atoms with Crippen molar-refractivity contribution in [2.75, 3.05) is 19.7 Å². The van der Waals surface area contributed by atoms with Crippen LogP contribution in [0.3, 0.4) is 0 Å². The summed E-state index contributed by atoms with van der Waals surface area (Å²) in [5.74, 6) is -0.404. The van der Waals surface area contributed by atoms with Crippen molar-refractivity contribution in [3.05, 3.63) is 0 Å². The summed E-state index contributed by atoms with van der Waals surface area (Å²) < 4.78 is 15.7. The Morgan fingerprint density at radius 1 is 1.05 bits per heavy atom. The van der Waals surface area contributed by atoms with Gasteiger partial charge in [-0.2, -0.15) is 0 Å². The molecule has 0 N–H and O–H groups in total. The predicted molar refractivity (Wildman–Crippen MR) is 79.1 cm³/mol. The highest BCUT2D eigenvalue weighted by atomic mass is 16.8. The van der Waals surface area contributed by atoms with Gasteiger partial charge in [-0.15, -0.1) is 5.06 Å². The van der Waals surface area contributed by atoms with E-state index in [1.54, 1.807) is 41.5 Å². The van der Waals surface area contributed by atoms with Crippen LogP contribution in [0.25, 0.3) is 0 Å². The van der Waals surface area contributed by atoms with Crippen LogP contribution in [0.1, 0.15) is 48.0 Å². The molecular formula is C15H27NO6. The lowest BCUT2D eigenvalue weighted by atomic mass is 10.2. The summed E-state index contributed by atoms with van der Waals surface area (Å²) in [7, 11) is 0. The van der Waals surface area contributed by atoms with Gasteiger partial charge in [0.15, 0.2) is 0 Å². The number of hydrogen-bond acceptors (Lipinski definition) is 7. The number of hydrogen-bond donors (Lipinski definition) is 0. The van der Waals surface area contributed by atoms with E-state index in [9.17, 15) is 9.59 Å². The van der Waals surface area contributed by atoms with E-state index in [0.29, 0.717) is 19.5 Å². The topological polar surface area (TPSA) is 74.3 Å². The minimum absolute atomic E-state index is 0.109. The maximum Gasteiger partial charge on any atom is 0.528 e. The van der Waals surface area contributed by atoms with Crippen LogP contribution in [0.2, 0.25) is 0 Å². The molecule has 1 fully saturated rings. The minimum Gasteiger partial charge on any atom is -0.458 e. The van der Waals surface area contributed by atoms with E-state index in [1.807, 2.05) is 0 Å². The van der Waals surface area contributed by atoms with Crippen molar-refractivity contribution >= 4 is 12.1 Å². The molecule has 22 heavy (non-hydrogen) atoms. The first kappa shape index (κ1) is 18.7. The van der Waals surface area contributed by atoms with Crippen LogP contribution < -0.4 is 0 Å². The van der Waals surface area contributed by atoms with E-state index in [1.165, 1.54) is 5.06 Å². The molecule has 1 saturated heterocycles. The molecule has 0 radical (unpaired) electrons. The molecule has 0 aromatic rings. The Labute approximate surface area is 131 Å². The van der Waals surface area contributed by atoms with Crippen LogP contribution in [0.15, 0.2) is 0 Å². The first-order chi connectivity index (χ1) is 9.94. The van der Waals surface area contributed by atoms with Gasteiger partial charge in [-0.05, 0) is 48.0 Å². The Morgan fingerprint density at radius 2 is 1.64 bits per heavy atom. The van der Waals surface area contributed by atoms with Gasteiger partial charge in [0.1, 0.15) is 17.8 Å². The highest BCUT2D eigenvalue weighted by molar-refractivity contribution is 5.71. The van der Waals surface area contributed by atoms with Gasteiger partial charge < -0.3 is 19.0 Å². The molecule has 0 aliphatic carbocycles. The second-order valence-corrected chi connectivity index (χ2v) is 7.25. The van der Waals surface area contributed by atoms with Gasteiger partial charge in [0.05, 0.1) is 12.6 Å². The number of rotatable bonds is 4. The molecule has 0 spiro atoms. The fraction of sp³-hybridized carbons (Fsp3) is 0.867. The maximum absolute atomic E-state index is 11.6. The number of nitrogens with zero attached hydrogens (tertiary/aromatic N) is 1. The third-order valence-corrected chi connectivity index (χ3v) is 2.56. The smallest absolute Gasteiger partial charge is 0.458 e. The van der Waals surface area contributed by atoms with Gasteiger partial charge in [0, 0.05) is 6.54 Å². The van der Waals surface area contributed by atoms with Crippen molar-refractivity contribution in [1.82, 2.24) is 5.06 Å². The quantitative estimate of drug-likeness (QED) is 0.736. The molecule has 1 atom stereocenters. The summed E-state index contributed by atoms with van der Waals surface area (Å²) in [6.07, 6.45) is -0.235. The second kappa shape index (κ2) is 7.28. The lowest BCUT2D eigenvalue weighted by Crippen LogP contribution is -2.32. The number of carbonyl (C=O) groups excluding carboxylic acids is 2. The van der Waals surface area contributed by atoms with Gasteiger partial charge in [0.2, 0.25) is 0 Å². The van der Waals surface area contributed by atoms with Gasteiger partial charge >= 0.3 is 12.1 Å². The van der Waals surface area contributed by atoms with Crippen molar-refractivity contribution in [2.24, 2.45) is 0 Å². The molecule has 7 nitrogen and oxygen atoms in total. The zero-order valence-electron chi connectivity index (χ0n) is 14.3. The number of hydroxylamine groups is 2. The predicted octanol–water partition coefficient (Wildman–Crippen LogP) is 2.29. The van der Waals surface area contributed by atoms with Crippen LogP contribution >= 0.6 is 0 Å². The summed E-state index contributed by atoms with van der Waals surface area (Å²) in [6.45, 7) is 11.5. The maximum atomic E-state index is 11.6. The Balaban J connectivity index is 2.26. The standard InChI is InChI=1S/C15H27NO6/c1-14(2,3)20-12(17)10-19-11-7-8-16(9-11)22-13(18)21-15(4,5)6/h11H,7-10H2,1-6H3/t11-/m1/s1. The summed E-state index contributed by atoms with van der Waals surface area (Å²) in [5.41, 5.74) is -1.12. The van der Waals surface area contributed by atoms with E-state index in [4.69, 9.17) is 19.0 Å². The SMILES string of the molecule is CC(C)(C)OC(=O)CO[C@@H]1CCN(OC(=O)OC(C)(C)C)C1. The van der Waals surface area contributed by atoms with Crippen LogP contribution in [-0.4, -0.2) is 54.2 Å². The molecule has 1 heterocycles. The van der Waals surface area contributed by atoms with Crippen molar-refractivity contribution in [2.45, 2.75) is 65.3 Å². The van der Waals surface area contributed by atoms with E-state index < -0.39 is 23.3 Å². The van der Waals surface area contributed by atoms with Gasteiger partial charge in [-0.25, -0.2) is 9.59 Å². The number of carbonyl (C=O) groups is 2. The van der Waals surface area contributed by atoms with Crippen molar-refractivity contribution < 1.29 is 28.6 Å². The molecule has 0 amide bonds. The molecule has 1 aliphatic rings. The van der Waals surface area contributed by atoms with Crippen LogP contribution in [-0.2, 0) is 23.8 Å². The van der Waals surface area contributed by atoms with Crippen LogP contribution in [0.4, 0.5) is 4.79 Å². The highest BCUT2D eigenvalue weighted by Gasteiger charge is 2.29. The van der Waals surface area contributed by atoms with Gasteiger partial charge in [-0.1, -0.05) is 0 Å². The molecule has 0 saturated carbocycles. The largest absolute Gasteiger partial charge is 0.528 e. The lowest BCUT2D eigenvalue weighted by Gasteiger charge is -2.22. The minimum atomic E-state index is -0.736. The van der Waals surface area contributed by atoms with Gasteiger partial charge in [-0.3, -0.25) is 0 Å². The second-order valence-electron chi connectivity index (χ2n) is 7.25. The molecule has 1 rings (SSSR count). The number of esters is 1. The van der Waals surface area contributed by atoms with E-state index >= 15 is 0 Å². The average Bonchev–Trinajstić information content (AvgIpc) is 2.68. The zero-order chi connectivity index (χ0) is 17.0. The van der Waals surface area contributed by atoms with Crippen LogP contribution in [0.5, 0.6) is 0 Å². The van der Waals surface area contributed by atoms with Crippen LogP contribution in [0, 0.1) is 0 Å². The van der Waals surface area contributed by atoms with Crippen molar-refractivity contribution in [3.63, 3.8) is 0 Å². The Bertz CT molecular complexity index is 396. The third kappa shape index (κ3) is 8.19. The first-order valence-corrected chi connectivity index (χ1v) is 7.44. The molecule has 0 bridgehead atoms. The normalized spacial score (nSPS) is 19.8. The fourth-order valence-electron chi connectivity index (χ4n) is 1.85. The van der Waals surface area contributed by atoms with E-state index in [2.05, 4.69) is 0 Å². The molecule has 0 aromatic carbocycles. The van der Waals surface area contributed by atoms with Crippen molar-refractivity contribution in [3.8, 4) is 0 Å². The first-order valence-electron chi connectivity index (χ1n) is 7.44. The Kier molecular flexibility index (Phi) is 6.19. The summed E-state index contributed by atoms with van der Waals surface area (Å²) in [6, 6.07) is 0. The Hall–Kier alpha value is -1.34. The highest BCUT2D eigenvalue weighted by Crippen LogP contribution is 2.16.